The van der Waals surface area contributed by atoms with Gasteiger partial charge in [0.25, 0.3) is 5.91 Å². The van der Waals surface area contributed by atoms with Gasteiger partial charge in [0.2, 0.25) is 0 Å². The number of hydrogen-bond acceptors (Lipinski definition) is 4. The first kappa shape index (κ1) is 15.6. The standard InChI is InChI=1S/C17H21N3O3/c1-12(21)13-9-14(18-10-13)17(22)19-11-15(16-5-4-8-23-16)20-6-2-3-7-20/h4-5,8-10,15,18H,2-3,6-7,11H2,1H3,(H,19,22). The number of amides is 1. The highest BCUT2D eigenvalue weighted by Crippen LogP contribution is 2.24. The molecule has 1 amide bonds. The van der Waals surface area contributed by atoms with E-state index in [1.165, 1.54) is 19.8 Å². The highest BCUT2D eigenvalue weighted by molar-refractivity contribution is 5.99. The van der Waals surface area contributed by atoms with Gasteiger partial charge >= 0.3 is 0 Å². The fourth-order valence-electron chi connectivity index (χ4n) is 2.96. The Hall–Kier alpha value is -2.34. The van der Waals surface area contributed by atoms with Gasteiger partial charge in [0.15, 0.2) is 5.78 Å². The van der Waals surface area contributed by atoms with Gasteiger partial charge in [-0.25, -0.2) is 0 Å². The quantitative estimate of drug-likeness (QED) is 0.802. The number of aromatic amines is 1. The van der Waals surface area contributed by atoms with Crippen LogP contribution in [0.5, 0.6) is 0 Å². The first-order chi connectivity index (χ1) is 11.1. The molecule has 6 heteroatoms. The SMILES string of the molecule is CC(=O)c1c[nH]c(C(=O)NCC(c2ccco2)N2CCCC2)c1. The van der Waals surface area contributed by atoms with Crippen molar-refractivity contribution in [3.8, 4) is 0 Å². The number of H-pyrrole nitrogens is 1. The van der Waals surface area contributed by atoms with Crippen LogP contribution in [0.25, 0.3) is 0 Å². The molecule has 3 heterocycles. The number of aromatic nitrogens is 1. The van der Waals surface area contributed by atoms with Crippen LogP contribution < -0.4 is 5.32 Å². The number of nitrogens with zero attached hydrogens (tertiary/aromatic N) is 1. The molecule has 3 rings (SSSR count). The first-order valence-electron chi connectivity index (χ1n) is 7.90. The average Bonchev–Trinajstić information content (AvgIpc) is 3.29. The van der Waals surface area contributed by atoms with Crippen molar-refractivity contribution in [1.82, 2.24) is 15.2 Å². The van der Waals surface area contributed by atoms with Crippen molar-refractivity contribution < 1.29 is 14.0 Å². The molecule has 1 saturated heterocycles. The minimum absolute atomic E-state index is 0.0405. The third-order valence-electron chi connectivity index (χ3n) is 4.24. The highest BCUT2D eigenvalue weighted by atomic mass is 16.3. The number of likely N-dealkylation sites (tertiary alicyclic amines) is 1. The molecule has 6 nitrogen and oxygen atoms in total. The number of furan rings is 1. The van der Waals surface area contributed by atoms with Gasteiger partial charge in [-0.2, -0.15) is 0 Å². The molecule has 1 unspecified atom stereocenters. The van der Waals surface area contributed by atoms with Crippen LogP contribution in [0.1, 0.15) is 52.4 Å². The van der Waals surface area contributed by atoms with Crippen LogP contribution in [0.15, 0.2) is 35.1 Å². The number of Topliss-reactive ketones (excluding diaryl/α,β-unsaturated/α-hetero) is 1. The Labute approximate surface area is 134 Å². The van der Waals surface area contributed by atoms with E-state index in [1.54, 1.807) is 18.5 Å². The first-order valence-corrected chi connectivity index (χ1v) is 7.90. The molecule has 2 aromatic rings. The van der Waals surface area contributed by atoms with Crippen LogP contribution in [-0.2, 0) is 0 Å². The average molecular weight is 315 g/mol. The van der Waals surface area contributed by atoms with E-state index in [4.69, 9.17) is 4.42 Å². The van der Waals surface area contributed by atoms with E-state index >= 15 is 0 Å². The molecule has 0 aromatic carbocycles. The van der Waals surface area contributed by atoms with E-state index in [2.05, 4.69) is 15.2 Å². The summed E-state index contributed by atoms with van der Waals surface area (Å²) in [5.41, 5.74) is 0.909. The lowest BCUT2D eigenvalue weighted by Gasteiger charge is -2.25. The molecule has 122 valence electrons. The van der Waals surface area contributed by atoms with E-state index in [-0.39, 0.29) is 17.7 Å². The van der Waals surface area contributed by atoms with Crippen molar-refractivity contribution in [2.45, 2.75) is 25.8 Å². The number of hydrogen-bond donors (Lipinski definition) is 2. The summed E-state index contributed by atoms with van der Waals surface area (Å²) in [6.07, 6.45) is 5.56. The summed E-state index contributed by atoms with van der Waals surface area (Å²) in [5, 5.41) is 2.93. The summed E-state index contributed by atoms with van der Waals surface area (Å²) in [6.45, 7) is 3.97. The van der Waals surface area contributed by atoms with Gasteiger partial charge in [-0.3, -0.25) is 14.5 Å². The van der Waals surface area contributed by atoms with Gasteiger partial charge in [0.1, 0.15) is 11.5 Å². The van der Waals surface area contributed by atoms with Crippen LogP contribution in [-0.4, -0.2) is 41.2 Å². The molecule has 1 atom stereocenters. The van der Waals surface area contributed by atoms with Crippen LogP contribution in [0.2, 0.25) is 0 Å². The van der Waals surface area contributed by atoms with Gasteiger partial charge < -0.3 is 14.7 Å². The minimum atomic E-state index is -0.215. The third kappa shape index (κ3) is 3.53. The van der Waals surface area contributed by atoms with Crippen molar-refractivity contribution in [2.24, 2.45) is 0 Å². The van der Waals surface area contributed by atoms with Gasteiger partial charge in [0.05, 0.1) is 12.3 Å². The molecular formula is C17H21N3O3. The Morgan fingerprint density at radius 2 is 2.17 bits per heavy atom. The lowest BCUT2D eigenvalue weighted by atomic mass is 10.2. The lowest BCUT2D eigenvalue weighted by Crippen LogP contribution is -2.36. The summed E-state index contributed by atoms with van der Waals surface area (Å²) in [5.74, 6) is 0.585. The zero-order chi connectivity index (χ0) is 16.2. The maximum absolute atomic E-state index is 12.3. The molecule has 1 aliphatic heterocycles. The predicted octanol–water partition coefficient (Wildman–Crippen LogP) is 2.38. The molecule has 0 saturated carbocycles. The summed E-state index contributed by atoms with van der Waals surface area (Å²) in [6, 6.07) is 5.43. The van der Waals surface area contributed by atoms with Crippen LogP contribution in [0, 0.1) is 0 Å². The number of carbonyl (C=O) groups excluding carboxylic acids is 2. The Morgan fingerprint density at radius 1 is 1.39 bits per heavy atom. The van der Waals surface area contributed by atoms with E-state index in [9.17, 15) is 9.59 Å². The fraction of sp³-hybridized carbons (Fsp3) is 0.412. The van der Waals surface area contributed by atoms with Crippen LogP contribution in [0.3, 0.4) is 0 Å². The molecule has 0 aliphatic carbocycles. The second kappa shape index (κ2) is 6.83. The van der Waals surface area contributed by atoms with E-state index in [0.717, 1.165) is 18.8 Å². The molecule has 1 fully saturated rings. The van der Waals surface area contributed by atoms with Crippen molar-refractivity contribution in [3.05, 3.63) is 47.7 Å². The predicted molar refractivity (Wildman–Crippen MR) is 85.4 cm³/mol. The normalized spacial score (nSPS) is 16.4. The van der Waals surface area contributed by atoms with E-state index < -0.39 is 0 Å². The topological polar surface area (TPSA) is 78.3 Å². The molecule has 0 bridgehead atoms. The van der Waals surface area contributed by atoms with Crippen molar-refractivity contribution >= 4 is 11.7 Å². The summed E-state index contributed by atoms with van der Waals surface area (Å²) < 4.78 is 5.54. The molecule has 2 aromatic heterocycles. The Balaban J connectivity index is 1.65. The van der Waals surface area contributed by atoms with Crippen LogP contribution in [0.4, 0.5) is 0 Å². The summed E-state index contributed by atoms with van der Waals surface area (Å²) in [7, 11) is 0. The van der Waals surface area contributed by atoms with Crippen molar-refractivity contribution in [1.29, 1.82) is 0 Å². The fourth-order valence-corrected chi connectivity index (χ4v) is 2.96. The maximum Gasteiger partial charge on any atom is 0.267 e. The molecule has 2 N–H and O–H groups in total. The molecular weight excluding hydrogens is 294 g/mol. The molecule has 0 radical (unpaired) electrons. The number of ketones is 1. The van der Waals surface area contributed by atoms with Gasteiger partial charge in [-0.15, -0.1) is 0 Å². The molecule has 1 aliphatic rings. The number of carbonyl (C=O) groups is 2. The number of nitrogens with one attached hydrogen (secondary N) is 2. The summed E-state index contributed by atoms with van der Waals surface area (Å²) in [4.78, 5) is 28.7. The lowest BCUT2D eigenvalue weighted by molar-refractivity contribution is 0.0929. The Bertz CT molecular complexity index is 669. The van der Waals surface area contributed by atoms with E-state index in [0.29, 0.717) is 17.8 Å². The monoisotopic (exact) mass is 315 g/mol. The second-order valence-electron chi connectivity index (χ2n) is 5.84. The molecule has 23 heavy (non-hydrogen) atoms. The minimum Gasteiger partial charge on any atom is -0.468 e. The molecule has 0 spiro atoms. The van der Waals surface area contributed by atoms with Gasteiger partial charge in [-0.1, -0.05) is 0 Å². The summed E-state index contributed by atoms with van der Waals surface area (Å²) >= 11 is 0. The van der Waals surface area contributed by atoms with E-state index in [1.807, 2.05) is 12.1 Å². The Morgan fingerprint density at radius 3 is 2.78 bits per heavy atom. The van der Waals surface area contributed by atoms with Crippen LogP contribution >= 0.6 is 0 Å². The maximum atomic E-state index is 12.3. The smallest absolute Gasteiger partial charge is 0.267 e. The number of rotatable bonds is 6. The van der Waals surface area contributed by atoms with Gasteiger partial charge in [0, 0.05) is 18.3 Å². The highest BCUT2D eigenvalue weighted by Gasteiger charge is 2.26. The van der Waals surface area contributed by atoms with Gasteiger partial charge in [-0.05, 0) is 51.1 Å². The second-order valence-corrected chi connectivity index (χ2v) is 5.84. The zero-order valence-corrected chi connectivity index (χ0v) is 13.2. The largest absolute Gasteiger partial charge is 0.468 e. The van der Waals surface area contributed by atoms with Crippen molar-refractivity contribution in [3.63, 3.8) is 0 Å². The Kier molecular flexibility index (Phi) is 4.62. The zero-order valence-electron chi connectivity index (χ0n) is 13.2. The van der Waals surface area contributed by atoms with Crippen molar-refractivity contribution in [2.75, 3.05) is 19.6 Å². The third-order valence-corrected chi connectivity index (χ3v) is 4.24.